The molecule has 1 unspecified atom stereocenters. The molecule has 1 aromatic heterocycles. The molecule has 7 nitrogen and oxygen atoms in total. The van der Waals surface area contributed by atoms with Crippen molar-refractivity contribution in [3.05, 3.63) is 24.3 Å². The highest BCUT2D eigenvalue weighted by Crippen LogP contribution is 2.29. The first-order valence-corrected chi connectivity index (χ1v) is 8.60. The summed E-state index contributed by atoms with van der Waals surface area (Å²) >= 11 is 1.49. The molecule has 1 N–H and O–H groups in total. The van der Waals surface area contributed by atoms with Gasteiger partial charge in [0.1, 0.15) is 11.9 Å². The van der Waals surface area contributed by atoms with Gasteiger partial charge < -0.3 is 19.9 Å². The van der Waals surface area contributed by atoms with Gasteiger partial charge in [-0.2, -0.15) is 4.37 Å². The third-order valence-electron chi connectivity index (χ3n) is 4.12. The Labute approximate surface area is 144 Å². The minimum Gasteiger partial charge on any atom is -0.467 e. The van der Waals surface area contributed by atoms with E-state index in [0.29, 0.717) is 26.2 Å². The topological polar surface area (TPSA) is 74.8 Å². The number of rotatable bonds is 3. The number of esters is 1. The molecule has 0 aliphatic carbocycles. The standard InChI is InChI=1S/C16H20N4O3S/c1-11(15(21)23-2)17-16(22)20-9-7-19(8-10-20)14-12-5-3-4-6-13(12)24-18-14/h3-6,11H,7-10H2,1-2H3,(H,17,22). The maximum absolute atomic E-state index is 12.2. The van der Waals surface area contributed by atoms with Gasteiger partial charge in [-0.25, -0.2) is 9.59 Å². The van der Waals surface area contributed by atoms with Gasteiger partial charge >= 0.3 is 12.0 Å². The number of methoxy groups -OCH3 is 1. The lowest BCUT2D eigenvalue weighted by Crippen LogP contribution is -2.54. The maximum Gasteiger partial charge on any atom is 0.328 e. The summed E-state index contributed by atoms with van der Waals surface area (Å²) in [6.45, 7) is 4.22. The van der Waals surface area contributed by atoms with E-state index < -0.39 is 12.0 Å². The quantitative estimate of drug-likeness (QED) is 0.855. The zero-order valence-electron chi connectivity index (χ0n) is 13.7. The number of nitrogens with zero attached hydrogens (tertiary/aromatic N) is 3. The molecule has 0 saturated carbocycles. The smallest absolute Gasteiger partial charge is 0.328 e. The first-order chi connectivity index (χ1) is 11.6. The molecule has 2 amide bonds. The third kappa shape index (κ3) is 3.28. The summed E-state index contributed by atoms with van der Waals surface area (Å²) < 4.78 is 10.3. The van der Waals surface area contributed by atoms with Crippen LogP contribution >= 0.6 is 11.5 Å². The summed E-state index contributed by atoms with van der Waals surface area (Å²) in [6, 6.07) is 7.27. The lowest BCUT2D eigenvalue weighted by Gasteiger charge is -2.35. The summed E-state index contributed by atoms with van der Waals surface area (Å²) in [7, 11) is 1.31. The van der Waals surface area contributed by atoms with Gasteiger partial charge in [-0.05, 0) is 30.6 Å². The second-order valence-electron chi connectivity index (χ2n) is 5.67. The number of carbonyl (C=O) groups excluding carboxylic acids is 2. The second kappa shape index (κ2) is 7.04. The molecule has 24 heavy (non-hydrogen) atoms. The number of piperazine rings is 1. The number of hydrogen-bond donors (Lipinski definition) is 1. The van der Waals surface area contributed by atoms with E-state index in [2.05, 4.69) is 31.5 Å². The van der Waals surface area contributed by atoms with Crippen LogP contribution in [0.2, 0.25) is 0 Å². The average Bonchev–Trinajstić information content (AvgIpc) is 3.05. The van der Waals surface area contributed by atoms with Crippen molar-refractivity contribution in [1.29, 1.82) is 0 Å². The largest absolute Gasteiger partial charge is 0.467 e. The lowest BCUT2D eigenvalue weighted by molar-refractivity contribution is -0.142. The number of benzene rings is 1. The Morgan fingerprint density at radius 3 is 2.67 bits per heavy atom. The normalized spacial score (nSPS) is 16.1. The molecule has 2 aromatic rings. The number of ether oxygens (including phenoxy) is 1. The van der Waals surface area contributed by atoms with Crippen LogP contribution in [-0.2, 0) is 9.53 Å². The monoisotopic (exact) mass is 348 g/mol. The fourth-order valence-corrected chi connectivity index (χ4v) is 3.53. The fourth-order valence-electron chi connectivity index (χ4n) is 2.73. The van der Waals surface area contributed by atoms with Crippen molar-refractivity contribution in [2.24, 2.45) is 0 Å². The van der Waals surface area contributed by atoms with Crippen molar-refractivity contribution < 1.29 is 14.3 Å². The number of aromatic nitrogens is 1. The molecule has 0 spiro atoms. The molecule has 1 fully saturated rings. The summed E-state index contributed by atoms with van der Waals surface area (Å²) in [5.74, 6) is 0.537. The van der Waals surface area contributed by atoms with Crippen LogP contribution in [0.1, 0.15) is 6.92 Å². The van der Waals surface area contributed by atoms with Crippen LogP contribution in [0.3, 0.4) is 0 Å². The fraction of sp³-hybridized carbons (Fsp3) is 0.438. The molecule has 1 aliphatic heterocycles. The first-order valence-electron chi connectivity index (χ1n) is 7.83. The summed E-state index contributed by atoms with van der Waals surface area (Å²) in [5.41, 5.74) is 0. The third-order valence-corrected chi connectivity index (χ3v) is 4.94. The number of fused-ring (bicyclic) bond motifs is 1. The first kappa shape index (κ1) is 16.5. The number of carbonyl (C=O) groups is 2. The van der Waals surface area contributed by atoms with Crippen molar-refractivity contribution in [3.8, 4) is 0 Å². The van der Waals surface area contributed by atoms with Crippen LogP contribution in [-0.4, -0.2) is 60.6 Å². The number of hydrogen-bond acceptors (Lipinski definition) is 6. The highest BCUT2D eigenvalue weighted by atomic mass is 32.1. The molecule has 2 heterocycles. The predicted molar refractivity (Wildman–Crippen MR) is 93.4 cm³/mol. The Balaban J connectivity index is 1.59. The van der Waals surface area contributed by atoms with Gasteiger partial charge in [0, 0.05) is 31.6 Å². The van der Waals surface area contributed by atoms with Gasteiger partial charge in [0.25, 0.3) is 0 Å². The highest BCUT2D eigenvalue weighted by Gasteiger charge is 2.25. The van der Waals surface area contributed by atoms with E-state index >= 15 is 0 Å². The predicted octanol–water partition coefficient (Wildman–Crippen LogP) is 1.69. The van der Waals surface area contributed by atoms with E-state index in [-0.39, 0.29) is 6.03 Å². The van der Waals surface area contributed by atoms with Crippen molar-refractivity contribution in [3.63, 3.8) is 0 Å². The van der Waals surface area contributed by atoms with E-state index in [0.717, 1.165) is 11.2 Å². The average molecular weight is 348 g/mol. The lowest BCUT2D eigenvalue weighted by atomic mass is 10.2. The highest BCUT2D eigenvalue weighted by molar-refractivity contribution is 7.13. The van der Waals surface area contributed by atoms with Crippen LogP contribution in [0.25, 0.3) is 10.1 Å². The molecule has 0 radical (unpaired) electrons. The van der Waals surface area contributed by atoms with Crippen LogP contribution in [0.5, 0.6) is 0 Å². The van der Waals surface area contributed by atoms with Crippen molar-refractivity contribution >= 4 is 39.4 Å². The van der Waals surface area contributed by atoms with Gasteiger partial charge in [-0.1, -0.05) is 12.1 Å². The molecular weight excluding hydrogens is 328 g/mol. The van der Waals surface area contributed by atoms with Crippen LogP contribution in [0.4, 0.5) is 10.6 Å². The van der Waals surface area contributed by atoms with E-state index in [1.807, 2.05) is 12.1 Å². The molecule has 1 atom stereocenters. The maximum atomic E-state index is 12.2. The molecule has 3 rings (SSSR count). The van der Waals surface area contributed by atoms with E-state index in [9.17, 15) is 9.59 Å². The number of amides is 2. The van der Waals surface area contributed by atoms with Crippen molar-refractivity contribution in [2.75, 3.05) is 38.2 Å². The van der Waals surface area contributed by atoms with Gasteiger partial charge in [0.05, 0.1) is 11.8 Å². The number of urea groups is 1. The summed E-state index contributed by atoms with van der Waals surface area (Å²) in [4.78, 5) is 27.5. The zero-order valence-corrected chi connectivity index (χ0v) is 14.5. The number of nitrogens with one attached hydrogen (secondary N) is 1. The molecule has 1 saturated heterocycles. The molecule has 128 valence electrons. The second-order valence-corrected chi connectivity index (χ2v) is 6.48. The summed E-state index contributed by atoms with van der Waals surface area (Å²) in [6.07, 6.45) is 0. The van der Waals surface area contributed by atoms with Crippen molar-refractivity contribution in [1.82, 2.24) is 14.6 Å². The number of anilines is 1. The molecule has 8 heteroatoms. The van der Waals surface area contributed by atoms with Crippen LogP contribution < -0.4 is 10.2 Å². The van der Waals surface area contributed by atoms with Crippen molar-refractivity contribution in [2.45, 2.75) is 13.0 Å². The van der Waals surface area contributed by atoms with Crippen LogP contribution in [0.15, 0.2) is 24.3 Å². The van der Waals surface area contributed by atoms with E-state index in [4.69, 9.17) is 0 Å². The molecular formula is C16H20N4O3S. The van der Waals surface area contributed by atoms with E-state index in [1.54, 1.807) is 11.8 Å². The Morgan fingerprint density at radius 2 is 1.96 bits per heavy atom. The van der Waals surface area contributed by atoms with E-state index in [1.165, 1.54) is 23.3 Å². The van der Waals surface area contributed by atoms with Gasteiger partial charge in [0.2, 0.25) is 0 Å². The van der Waals surface area contributed by atoms with Gasteiger partial charge in [-0.15, -0.1) is 0 Å². The minimum absolute atomic E-state index is 0.240. The van der Waals surface area contributed by atoms with Crippen LogP contribution in [0, 0.1) is 0 Å². The SMILES string of the molecule is COC(=O)C(C)NC(=O)N1CCN(c2nsc3ccccc23)CC1. The Hall–Kier alpha value is -2.35. The van der Waals surface area contributed by atoms with Gasteiger partial charge in [0.15, 0.2) is 0 Å². The minimum atomic E-state index is -0.650. The summed E-state index contributed by atoms with van der Waals surface area (Å²) in [5, 5.41) is 3.81. The molecule has 1 aliphatic rings. The Kier molecular flexibility index (Phi) is 4.84. The zero-order chi connectivity index (χ0) is 17.1. The van der Waals surface area contributed by atoms with Gasteiger partial charge in [-0.3, -0.25) is 0 Å². The Bertz CT molecular complexity index is 740. The molecule has 0 bridgehead atoms. The molecule has 1 aromatic carbocycles. The Morgan fingerprint density at radius 1 is 1.25 bits per heavy atom.